The number of benzene rings is 1. The van der Waals surface area contributed by atoms with Crippen molar-refractivity contribution in [2.75, 3.05) is 18.9 Å². The van der Waals surface area contributed by atoms with Gasteiger partial charge in [0.1, 0.15) is 5.69 Å². The van der Waals surface area contributed by atoms with Gasteiger partial charge in [0.05, 0.1) is 0 Å². The zero-order chi connectivity index (χ0) is 18.4. The molecule has 2 aromatic rings. The molecule has 0 aliphatic carbocycles. The number of nitrogens with zero attached hydrogens (tertiary/aromatic N) is 2. The normalized spacial score (nSPS) is 10.4. The van der Waals surface area contributed by atoms with Crippen molar-refractivity contribution in [3.63, 3.8) is 0 Å². The molecule has 0 aliphatic heterocycles. The Balaban J connectivity index is 2.14. The first-order valence-electron chi connectivity index (χ1n) is 7.89. The minimum absolute atomic E-state index is 0.214. The van der Waals surface area contributed by atoms with E-state index in [-0.39, 0.29) is 17.5 Å². The maximum Gasteiger partial charge on any atom is 0.272 e. The molecule has 0 atom stereocenters. The molecule has 1 aromatic carbocycles. The minimum Gasteiger partial charge on any atom is -0.340 e. The quantitative estimate of drug-likeness (QED) is 0.802. The summed E-state index contributed by atoms with van der Waals surface area (Å²) in [5.41, 5.74) is 1.04. The third-order valence-electron chi connectivity index (χ3n) is 3.56. The lowest BCUT2D eigenvalue weighted by Gasteiger charge is -2.16. The molecule has 0 bridgehead atoms. The second kappa shape index (κ2) is 8.83. The largest absolute Gasteiger partial charge is 0.340 e. The maximum atomic E-state index is 12.4. The van der Waals surface area contributed by atoms with E-state index in [9.17, 15) is 9.59 Å². The first kappa shape index (κ1) is 19.2. The van der Waals surface area contributed by atoms with Crippen LogP contribution in [0.15, 0.2) is 36.5 Å². The Morgan fingerprint density at radius 1 is 1.16 bits per heavy atom. The van der Waals surface area contributed by atoms with Crippen LogP contribution in [-0.2, 0) is 0 Å². The summed E-state index contributed by atoms with van der Waals surface area (Å²) < 4.78 is 0. The lowest BCUT2D eigenvalue weighted by molar-refractivity contribution is 0.0787. The van der Waals surface area contributed by atoms with Crippen molar-refractivity contribution in [2.45, 2.75) is 19.8 Å². The first-order valence-corrected chi connectivity index (χ1v) is 8.65. The van der Waals surface area contributed by atoms with Gasteiger partial charge in [-0.2, -0.15) is 0 Å². The predicted octanol–water partition coefficient (Wildman–Crippen LogP) is 4.51. The van der Waals surface area contributed by atoms with Crippen LogP contribution in [0.5, 0.6) is 0 Å². The van der Waals surface area contributed by atoms with E-state index in [2.05, 4.69) is 17.2 Å². The molecule has 0 aliphatic rings. The summed E-state index contributed by atoms with van der Waals surface area (Å²) in [7, 11) is 1.72. The number of hydrogen-bond donors (Lipinski definition) is 1. The number of aromatic nitrogens is 1. The first-order chi connectivity index (χ1) is 11.9. The fourth-order valence-corrected chi connectivity index (χ4v) is 2.74. The van der Waals surface area contributed by atoms with Crippen LogP contribution in [0.2, 0.25) is 10.0 Å². The van der Waals surface area contributed by atoms with Crippen LogP contribution in [0.3, 0.4) is 0 Å². The van der Waals surface area contributed by atoms with Crippen molar-refractivity contribution >= 4 is 40.7 Å². The van der Waals surface area contributed by atoms with E-state index < -0.39 is 0 Å². The Morgan fingerprint density at radius 2 is 1.84 bits per heavy atom. The van der Waals surface area contributed by atoms with E-state index >= 15 is 0 Å². The molecule has 132 valence electrons. The number of carbonyl (C=O) groups is 2. The summed E-state index contributed by atoms with van der Waals surface area (Å²) in [5, 5.41) is 3.55. The summed E-state index contributed by atoms with van der Waals surface area (Å²) in [6, 6.07) is 7.79. The highest BCUT2D eigenvalue weighted by Crippen LogP contribution is 2.23. The predicted molar refractivity (Wildman–Crippen MR) is 101 cm³/mol. The van der Waals surface area contributed by atoms with Crippen LogP contribution >= 0.6 is 23.2 Å². The monoisotopic (exact) mass is 379 g/mol. The molecule has 1 aromatic heterocycles. The van der Waals surface area contributed by atoms with Crippen molar-refractivity contribution in [1.82, 2.24) is 9.88 Å². The van der Waals surface area contributed by atoms with Crippen LogP contribution in [0.1, 0.15) is 40.6 Å². The topological polar surface area (TPSA) is 62.3 Å². The fraction of sp³-hybridized carbons (Fsp3) is 0.278. The van der Waals surface area contributed by atoms with E-state index in [1.54, 1.807) is 36.2 Å². The van der Waals surface area contributed by atoms with E-state index in [1.165, 1.54) is 12.3 Å². The van der Waals surface area contributed by atoms with Gasteiger partial charge in [-0.05, 0) is 36.8 Å². The number of rotatable bonds is 6. The third kappa shape index (κ3) is 5.44. The maximum absolute atomic E-state index is 12.4. The number of halogens is 2. The average molecular weight is 380 g/mol. The molecule has 25 heavy (non-hydrogen) atoms. The van der Waals surface area contributed by atoms with Crippen molar-refractivity contribution in [3.8, 4) is 0 Å². The van der Waals surface area contributed by atoms with Gasteiger partial charge in [-0.1, -0.05) is 36.5 Å². The number of unbranched alkanes of at least 4 members (excludes halogenated alkanes) is 1. The fourth-order valence-electron chi connectivity index (χ4n) is 2.21. The van der Waals surface area contributed by atoms with Gasteiger partial charge in [-0.25, -0.2) is 0 Å². The molecule has 2 amide bonds. The van der Waals surface area contributed by atoms with Crippen molar-refractivity contribution in [1.29, 1.82) is 0 Å². The van der Waals surface area contributed by atoms with Crippen LogP contribution in [0.25, 0.3) is 0 Å². The Morgan fingerprint density at radius 3 is 2.48 bits per heavy atom. The van der Waals surface area contributed by atoms with Crippen LogP contribution < -0.4 is 5.32 Å². The molecular weight excluding hydrogens is 361 g/mol. The summed E-state index contributed by atoms with van der Waals surface area (Å²) in [4.78, 5) is 30.4. The van der Waals surface area contributed by atoms with Crippen molar-refractivity contribution in [3.05, 3.63) is 57.8 Å². The molecule has 5 nitrogen and oxygen atoms in total. The van der Waals surface area contributed by atoms with Gasteiger partial charge in [-0.3, -0.25) is 14.6 Å². The van der Waals surface area contributed by atoms with Crippen molar-refractivity contribution < 1.29 is 9.59 Å². The van der Waals surface area contributed by atoms with Gasteiger partial charge in [0.15, 0.2) is 0 Å². The standard InChI is InChI=1S/C18H19Cl2N3O2/c1-3-4-7-23(2)18(25)16-8-12(5-6-21-16)17(24)22-15-10-13(19)9-14(20)11-15/h5-6,8-11H,3-4,7H2,1-2H3,(H,22,24). The molecule has 0 saturated carbocycles. The third-order valence-corrected chi connectivity index (χ3v) is 3.99. The number of hydrogen-bond acceptors (Lipinski definition) is 3. The zero-order valence-electron chi connectivity index (χ0n) is 14.1. The average Bonchev–Trinajstić information content (AvgIpc) is 2.58. The summed E-state index contributed by atoms with van der Waals surface area (Å²) in [6.07, 6.45) is 3.36. The van der Waals surface area contributed by atoms with Gasteiger partial charge in [0.25, 0.3) is 11.8 Å². The molecule has 0 saturated heterocycles. The Hall–Kier alpha value is -2.11. The second-order valence-electron chi connectivity index (χ2n) is 5.62. The lowest BCUT2D eigenvalue weighted by atomic mass is 10.2. The Bertz CT molecular complexity index is 760. The van der Waals surface area contributed by atoms with E-state index in [1.807, 2.05) is 0 Å². The van der Waals surface area contributed by atoms with Crippen LogP contribution in [0.4, 0.5) is 5.69 Å². The van der Waals surface area contributed by atoms with Gasteiger partial charge < -0.3 is 10.2 Å². The molecule has 1 N–H and O–H groups in total. The van der Waals surface area contributed by atoms with E-state index in [0.29, 0.717) is 27.8 Å². The van der Waals surface area contributed by atoms with Gasteiger partial charge in [0, 0.05) is 41.1 Å². The highest BCUT2D eigenvalue weighted by Gasteiger charge is 2.15. The van der Waals surface area contributed by atoms with Crippen LogP contribution in [0, 0.1) is 0 Å². The van der Waals surface area contributed by atoms with Gasteiger partial charge in [0.2, 0.25) is 0 Å². The SMILES string of the molecule is CCCCN(C)C(=O)c1cc(C(=O)Nc2cc(Cl)cc(Cl)c2)ccn1. The number of carbonyl (C=O) groups excluding carboxylic acids is 2. The molecule has 1 heterocycles. The number of amides is 2. The molecule has 7 heteroatoms. The Kier molecular flexibility index (Phi) is 6.79. The minimum atomic E-state index is -0.369. The molecule has 0 unspecified atom stereocenters. The summed E-state index contributed by atoms with van der Waals surface area (Å²) in [6.45, 7) is 2.71. The summed E-state index contributed by atoms with van der Waals surface area (Å²) in [5.74, 6) is -0.583. The van der Waals surface area contributed by atoms with E-state index in [4.69, 9.17) is 23.2 Å². The zero-order valence-corrected chi connectivity index (χ0v) is 15.6. The van der Waals surface area contributed by atoms with Crippen LogP contribution in [-0.4, -0.2) is 35.3 Å². The highest BCUT2D eigenvalue weighted by atomic mass is 35.5. The number of anilines is 1. The molecule has 2 rings (SSSR count). The number of pyridine rings is 1. The molecular formula is C18H19Cl2N3O2. The summed E-state index contributed by atoms with van der Waals surface area (Å²) >= 11 is 11.9. The molecule has 0 radical (unpaired) electrons. The molecule has 0 spiro atoms. The Labute approximate surface area is 157 Å². The van der Waals surface area contributed by atoms with Crippen molar-refractivity contribution in [2.24, 2.45) is 0 Å². The highest BCUT2D eigenvalue weighted by molar-refractivity contribution is 6.35. The smallest absolute Gasteiger partial charge is 0.272 e. The van der Waals surface area contributed by atoms with Gasteiger partial charge >= 0.3 is 0 Å². The second-order valence-corrected chi connectivity index (χ2v) is 6.50. The molecule has 0 fully saturated rings. The lowest BCUT2D eigenvalue weighted by Crippen LogP contribution is -2.28. The number of nitrogens with one attached hydrogen (secondary N) is 1. The van der Waals surface area contributed by atoms with E-state index in [0.717, 1.165) is 12.8 Å². The van der Waals surface area contributed by atoms with Gasteiger partial charge in [-0.15, -0.1) is 0 Å².